The van der Waals surface area contributed by atoms with Crippen LogP contribution in [0.2, 0.25) is 0 Å². The molecule has 1 aromatic heterocycles. The first kappa shape index (κ1) is 13.9. The summed E-state index contributed by atoms with van der Waals surface area (Å²) >= 11 is 0. The lowest BCUT2D eigenvalue weighted by Crippen LogP contribution is -1.97. The van der Waals surface area contributed by atoms with E-state index in [4.69, 9.17) is 14.7 Å². The Balaban J connectivity index is 2.01. The van der Waals surface area contributed by atoms with Crippen LogP contribution in [0.5, 0.6) is 11.5 Å². The molecule has 1 heterocycles. The Kier molecular flexibility index (Phi) is 4.61. The summed E-state index contributed by atoms with van der Waals surface area (Å²) in [5.41, 5.74) is 1.43. The standard InChI is InChI=1S/C15H17N3O2/c1-3-6-18-10-14(9-17-18)20-11-12-4-5-15(19-2)13(7-12)8-16/h4-5,7,9-10H,3,6,11H2,1-2H3. The number of aromatic nitrogens is 2. The average molecular weight is 271 g/mol. The molecule has 0 unspecified atom stereocenters. The van der Waals surface area contributed by atoms with Gasteiger partial charge >= 0.3 is 0 Å². The number of ether oxygens (including phenoxy) is 2. The lowest BCUT2D eigenvalue weighted by molar-refractivity contribution is 0.305. The van der Waals surface area contributed by atoms with Crippen molar-refractivity contribution in [1.82, 2.24) is 9.78 Å². The average Bonchev–Trinajstić information content (AvgIpc) is 2.93. The van der Waals surface area contributed by atoms with Crippen LogP contribution < -0.4 is 9.47 Å². The van der Waals surface area contributed by atoms with E-state index in [1.54, 1.807) is 25.4 Å². The molecule has 20 heavy (non-hydrogen) atoms. The van der Waals surface area contributed by atoms with Crippen LogP contribution in [0, 0.1) is 11.3 Å². The van der Waals surface area contributed by atoms with Gasteiger partial charge in [-0.1, -0.05) is 13.0 Å². The lowest BCUT2D eigenvalue weighted by atomic mass is 10.1. The highest BCUT2D eigenvalue weighted by Crippen LogP contribution is 2.20. The molecule has 0 bridgehead atoms. The minimum atomic E-state index is 0.399. The van der Waals surface area contributed by atoms with Crippen molar-refractivity contribution in [2.45, 2.75) is 26.5 Å². The molecular weight excluding hydrogens is 254 g/mol. The van der Waals surface area contributed by atoms with E-state index in [0.29, 0.717) is 17.9 Å². The summed E-state index contributed by atoms with van der Waals surface area (Å²) in [6.07, 6.45) is 4.60. The number of benzene rings is 1. The van der Waals surface area contributed by atoms with Crippen LogP contribution in [-0.4, -0.2) is 16.9 Å². The fraction of sp³-hybridized carbons (Fsp3) is 0.333. The number of nitriles is 1. The first-order valence-corrected chi connectivity index (χ1v) is 6.49. The van der Waals surface area contributed by atoms with E-state index in [0.717, 1.165) is 24.3 Å². The molecule has 0 aliphatic heterocycles. The summed E-state index contributed by atoms with van der Waals surface area (Å²) in [5, 5.41) is 13.2. The number of hydrogen-bond acceptors (Lipinski definition) is 4. The summed E-state index contributed by atoms with van der Waals surface area (Å²) in [5.74, 6) is 1.31. The molecule has 0 atom stereocenters. The van der Waals surface area contributed by atoms with Crippen LogP contribution in [0.3, 0.4) is 0 Å². The molecule has 5 nitrogen and oxygen atoms in total. The van der Waals surface area contributed by atoms with Gasteiger partial charge in [-0.15, -0.1) is 0 Å². The largest absolute Gasteiger partial charge is 0.495 e. The zero-order chi connectivity index (χ0) is 14.4. The Morgan fingerprint density at radius 1 is 1.40 bits per heavy atom. The van der Waals surface area contributed by atoms with Gasteiger partial charge in [0, 0.05) is 6.54 Å². The summed E-state index contributed by atoms with van der Waals surface area (Å²) in [4.78, 5) is 0. The van der Waals surface area contributed by atoms with Gasteiger partial charge in [-0.2, -0.15) is 10.4 Å². The SMILES string of the molecule is CCCn1cc(OCc2ccc(OC)c(C#N)c2)cn1. The Labute approximate surface area is 118 Å². The van der Waals surface area contributed by atoms with Crippen molar-refractivity contribution in [3.05, 3.63) is 41.7 Å². The molecule has 0 aliphatic rings. The van der Waals surface area contributed by atoms with E-state index in [-0.39, 0.29) is 0 Å². The van der Waals surface area contributed by atoms with E-state index < -0.39 is 0 Å². The Bertz CT molecular complexity index is 614. The van der Waals surface area contributed by atoms with Crippen molar-refractivity contribution in [2.75, 3.05) is 7.11 Å². The molecule has 0 spiro atoms. The third-order valence-electron chi connectivity index (χ3n) is 2.85. The van der Waals surface area contributed by atoms with Crippen LogP contribution >= 0.6 is 0 Å². The summed E-state index contributed by atoms with van der Waals surface area (Å²) in [7, 11) is 1.55. The molecular formula is C15H17N3O2. The quantitative estimate of drug-likeness (QED) is 0.810. The van der Waals surface area contributed by atoms with Crippen LogP contribution in [0.15, 0.2) is 30.6 Å². The maximum absolute atomic E-state index is 9.04. The van der Waals surface area contributed by atoms with Gasteiger partial charge in [-0.05, 0) is 24.1 Å². The van der Waals surface area contributed by atoms with Crippen molar-refractivity contribution in [2.24, 2.45) is 0 Å². The molecule has 0 radical (unpaired) electrons. The van der Waals surface area contributed by atoms with Crippen LogP contribution in [-0.2, 0) is 13.2 Å². The fourth-order valence-corrected chi connectivity index (χ4v) is 1.87. The van der Waals surface area contributed by atoms with Gasteiger partial charge in [0.2, 0.25) is 0 Å². The lowest BCUT2D eigenvalue weighted by Gasteiger charge is -2.06. The first-order valence-electron chi connectivity index (χ1n) is 6.49. The third-order valence-corrected chi connectivity index (χ3v) is 2.85. The molecule has 0 saturated heterocycles. The molecule has 0 aliphatic carbocycles. The zero-order valence-electron chi connectivity index (χ0n) is 11.7. The third kappa shape index (κ3) is 3.29. The Morgan fingerprint density at radius 3 is 2.95 bits per heavy atom. The predicted molar refractivity (Wildman–Crippen MR) is 74.6 cm³/mol. The van der Waals surface area contributed by atoms with Crippen molar-refractivity contribution in [1.29, 1.82) is 5.26 Å². The minimum Gasteiger partial charge on any atom is -0.495 e. The summed E-state index contributed by atoms with van der Waals surface area (Å²) in [6.45, 7) is 3.38. The highest BCUT2D eigenvalue weighted by atomic mass is 16.5. The highest BCUT2D eigenvalue weighted by Gasteiger charge is 2.05. The van der Waals surface area contributed by atoms with Gasteiger partial charge in [0.1, 0.15) is 18.4 Å². The normalized spacial score (nSPS) is 10.1. The molecule has 2 rings (SSSR count). The maximum Gasteiger partial charge on any atom is 0.157 e. The van der Waals surface area contributed by atoms with Crippen LogP contribution in [0.1, 0.15) is 24.5 Å². The van der Waals surface area contributed by atoms with Gasteiger partial charge in [0.25, 0.3) is 0 Å². The van der Waals surface area contributed by atoms with Crippen LogP contribution in [0.25, 0.3) is 0 Å². The van der Waals surface area contributed by atoms with Gasteiger partial charge in [0.15, 0.2) is 5.75 Å². The second-order valence-electron chi connectivity index (χ2n) is 4.37. The van der Waals surface area contributed by atoms with Gasteiger partial charge in [-0.3, -0.25) is 4.68 Å². The number of hydrogen-bond donors (Lipinski definition) is 0. The first-order chi connectivity index (χ1) is 9.76. The molecule has 5 heteroatoms. The monoisotopic (exact) mass is 271 g/mol. The molecule has 0 saturated carbocycles. The zero-order valence-corrected chi connectivity index (χ0v) is 11.7. The summed E-state index contributed by atoms with van der Waals surface area (Å²) < 4.78 is 12.6. The Morgan fingerprint density at radius 2 is 2.25 bits per heavy atom. The second-order valence-corrected chi connectivity index (χ2v) is 4.37. The smallest absolute Gasteiger partial charge is 0.157 e. The second kappa shape index (κ2) is 6.62. The highest BCUT2D eigenvalue weighted by molar-refractivity contribution is 5.45. The van der Waals surface area contributed by atoms with Gasteiger partial charge in [0.05, 0.1) is 25.1 Å². The predicted octanol–water partition coefficient (Wildman–Crippen LogP) is 2.75. The minimum absolute atomic E-state index is 0.399. The molecule has 0 N–H and O–H groups in total. The van der Waals surface area contributed by atoms with E-state index in [9.17, 15) is 0 Å². The number of aryl methyl sites for hydroxylation is 1. The van der Waals surface area contributed by atoms with Crippen molar-refractivity contribution in [3.63, 3.8) is 0 Å². The molecule has 0 fully saturated rings. The Hall–Kier alpha value is -2.48. The maximum atomic E-state index is 9.04. The van der Waals surface area contributed by atoms with E-state index in [1.807, 2.05) is 16.9 Å². The molecule has 0 amide bonds. The topological polar surface area (TPSA) is 60.1 Å². The van der Waals surface area contributed by atoms with Crippen molar-refractivity contribution >= 4 is 0 Å². The van der Waals surface area contributed by atoms with Crippen molar-refractivity contribution < 1.29 is 9.47 Å². The number of nitrogens with zero attached hydrogens (tertiary/aromatic N) is 3. The molecule has 1 aromatic carbocycles. The number of methoxy groups -OCH3 is 1. The van der Waals surface area contributed by atoms with Gasteiger partial charge < -0.3 is 9.47 Å². The van der Waals surface area contributed by atoms with Gasteiger partial charge in [-0.25, -0.2) is 0 Å². The molecule has 2 aromatic rings. The van der Waals surface area contributed by atoms with Crippen molar-refractivity contribution in [3.8, 4) is 17.6 Å². The van der Waals surface area contributed by atoms with Crippen LogP contribution in [0.4, 0.5) is 0 Å². The fourth-order valence-electron chi connectivity index (χ4n) is 1.87. The molecule has 104 valence electrons. The van der Waals surface area contributed by atoms with E-state index in [1.165, 1.54) is 0 Å². The summed E-state index contributed by atoms with van der Waals surface area (Å²) in [6, 6.07) is 7.54. The van der Waals surface area contributed by atoms with E-state index >= 15 is 0 Å². The number of rotatable bonds is 6. The van der Waals surface area contributed by atoms with E-state index in [2.05, 4.69) is 18.1 Å².